The number of amides is 2. The molecule has 21 heavy (non-hydrogen) atoms. The first-order valence-electron chi connectivity index (χ1n) is 6.46. The van der Waals surface area contributed by atoms with Crippen molar-refractivity contribution in [1.82, 2.24) is 20.6 Å². The minimum absolute atomic E-state index is 0.254. The molecule has 0 fully saturated rings. The molecule has 7 heteroatoms. The molecule has 1 heterocycles. The van der Waals surface area contributed by atoms with Crippen LogP contribution in [-0.2, 0) is 13.0 Å². The molecular formula is C14H16N4O3. The molecule has 0 bridgehead atoms. The van der Waals surface area contributed by atoms with Crippen molar-refractivity contribution >= 4 is 12.0 Å². The van der Waals surface area contributed by atoms with E-state index in [1.807, 2.05) is 0 Å². The second kappa shape index (κ2) is 7.09. The molecular weight excluding hydrogens is 272 g/mol. The number of rotatable bonds is 6. The number of H-pyrrole nitrogens is 1. The van der Waals surface area contributed by atoms with Gasteiger partial charge in [0.25, 0.3) is 0 Å². The largest absolute Gasteiger partial charge is 0.478 e. The Morgan fingerprint density at radius 1 is 1.19 bits per heavy atom. The van der Waals surface area contributed by atoms with Gasteiger partial charge in [0.15, 0.2) is 0 Å². The van der Waals surface area contributed by atoms with Crippen molar-refractivity contribution in [2.75, 3.05) is 6.54 Å². The Morgan fingerprint density at radius 2 is 1.95 bits per heavy atom. The Bertz CT molecular complexity index is 593. The normalized spacial score (nSPS) is 10.1. The summed E-state index contributed by atoms with van der Waals surface area (Å²) in [6.07, 6.45) is 3.83. The molecule has 0 radical (unpaired) electrons. The van der Waals surface area contributed by atoms with Crippen molar-refractivity contribution in [2.24, 2.45) is 0 Å². The van der Waals surface area contributed by atoms with Gasteiger partial charge in [-0.05, 0) is 24.1 Å². The number of carboxylic acids is 1. The molecule has 7 nitrogen and oxygen atoms in total. The number of carboxylic acid groups (broad SMARTS) is 1. The molecule has 0 aliphatic rings. The lowest BCUT2D eigenvalue weighted by molar-refractivity contribution is 0.0697. The van der Waals surface area contributed by atoms with Crippen LogP contribution in [0.25, 0.3) is 0 Å². The fourth-order valence-corrected chi connectivity index (χ4v) is 1.75. The third kappa shape index (κ3) is 4.64. The van der Waals surface area contributed by atoms with E-state index >= 15 is 0 Å². The Morgan fingerprint density at radius 3 is 2.57 bits per heavy atom. The highest BCUT2D eigenvalue weighted by Crippen LogP contribution is 2.04. The number of aromatic amines is 1. The van der Waals surface area contributed by atoms with Gasteiger partial charge >= 0.3 is 12.0 Å². The number of nitrogens with zero attached hydrogens (tertiary/aromatic N) is 1. The molecule has 2 aromatic rings. The standard InChI is InChI=1S/C14H16N4O3/c19-13(20)11-3-1-10(2-4-11)5-6-16-14(21)17-8-12-7-15-9-18-12/h1-4,7,9H,5-6,8H2,(H,15,18)(H,19,20)(H2,16,17,21). The summed E-state index contributed by atoms with van der Waals surface area (Å²) < 4.78 is 0. The highest BCUT2D eigenvalue weighted by atomic mass is 16.4. The van der Waals surface area contributed by atoms with Gasteiger partial charge in [-0.2, -0.15) is 0 Å². The van der Waals surface area contributed by atoms with Gasteiger partial charge in [-0.1, -0.05) is 12.1 Å². The Hall–Kier alpha value is -2.83. The molecule has 4 N–H and O–H groups in total. The lowest BCUT2D eigenvalue weighted by Crippen LogP contribution is -2.36. The average molecular weight is 288 g/mol. The smallest absolute Gasteiger partial charge is 0.335 e. The number of benzene rings is 1. The molecule has 110 valence electrons. The number of hydrogen-bond acceptors (Lipinski definition) is 3. The minimum atomic E-state index is -0.946. The summed E-state index contributed by atoms with van der Waals surface area (Å²) in [6, 6.07) is 6.33. The van der Waals surface area contributed by atoms with Crippen LogP contribution in [-0.4, -0.2) is 33.6 Å². The number of carbonyl (C=O) groups is 2. The molecule has 1 aromatic carbocycles. The van der Waals surface area contributed by atoms with Gasteiger partial charge in [-0.25, -0.2) is 14.6 Å². The Balaban J connectivity index is 1.68. The summed E-state index contributed by atoms with van der Waals surface area (Å²) in [7, 11) is 0. The van der Waals surface area contributed by atoms with Crippen LogP contribution in [0.15, 0.2) is 36.8 Å². The first-order chi connectivity index (χ1) is 10.1. The van der Waals surface area contributed by atoms with Crippen LogP contribution in [0.5, 0.6) is 0 Å². The summed E-state index contributed by atoms with van der Waals surface area (Å²) in [5, 5.41) is 14.2. The van der Waals surface area contributed by atoms with Crippen molar-refractivity contribution < 1.29 is 14.7 Å². The molecule has 0 atom stereocenters. The van der Waals surface area contributed by atoms with Crippen LogP contribution >= 0.6 is 0 Å². The number of aromatic nitrogens is 2. The SMILES string of the molecule is O=C(NCCc1ccc(C(=O)O)cc1)NCc1cnc[nH]1. The van der Waals surface area contributed by atoms with Crippen molar-refractivity contribution in [3.63, 3.8) is 0 Å². The molecule has 0 aliphatic carbocycles. The first kappa shape index (κ1) is 14.6. The molecule has 2 amide bonds. The second-order valence-corrected chi connectivity index (χ2v) is 4.44. The van der Waals surface area contributed by atoms with E-state index in [1.54, 1.807) is 36.8 Å². The minimum Gasteiger partial charge on any atom is -0.478 e. The topological polar surface area (TPSA) is 107 Å². The van der Waals surface area contributed by atoms with Crippen LogP contribution in [0.1, 0.15) is 21.6 Å². The summed E-state index contributed by atoms with van der Waals surface area (Å²) in [5.74, 6) is -0.946. The van der Waals surface area contributed by atoms with Crippen LogP contribution in [0.2, 0.25) is 0 Å². The molecule has 0 aliphatic heterocycles. The van der Waals surface area contributed by atoms with Crippen LogP contribution in [0.4, 0.5) is 4.79 Å². The van der Waals surface area contributed by atoms with E-state index in [0.29, 0.717) is 19.5 Å². The van der Waals surface area contributed by atoms with Crippen molar-refractivity contribution in [3.8, 4) is 0 Å². The quantitative estimate of drug-likeness (QED) is 0.639. The number of carbonyl (C=O) groups excluding carboxylic acids is 1. The van der Waals surface area contributed by atoms with E-state index in [-0.39, 0.29) is 11.6 Å². The second-order valence-electron chi connectivity index (χ2n) is 4.44. The number of imidazole rings is 1. The molecule has 0 saturated carbocycles. The van der Waals surface area contributed by atoms with Gasteiger partial charge in [0, 0.05) is 12.7 Å². The van der Waals surface area contributed by atoms with Gasteiger partial charge in [-0.15, -0.1) is 0 Å². The van der Waals surface area contributed by atoms with Gasteiger partial charge in [-0.3, -0.25) is 0 Å². The number of aromatic carboxylic acids is 1. The predicted octanol–water partition coefficient (Wildman–Crippen LogP) is 1.15. The zero-order chi connectivity index (χ0) is 15.1. The molecule has 1 aromatic heterocycles. The van der Waals surface area contributed by atoms with Gasteiger partial charge in [0.2, 0.25) is 0 Å². The predicted molar refractivity (Wildman–Crippen MR) is 75.9 cm³/mol. The Labute approximate surface area is 121 Å². The summed E-state index contributed by atoms with van der Waals surface area (Å²) >= 11 is 0. The van der Waals surface area contributed by atoms with E-state index in [9.17, 15) is 9.59 Å². The molecule has 0 saturated heterocycles. The maximum atomic E-state index is 11.5. The van der Waals surface area contributed by atoms with Crippen molar-refractivity contribution in [1.29, 1.82) is 0 Å². The van der Waals surface area contributed by atoms with E-state index in [0.717, 1.165) is 11.3 Å². The monoisotopic (exact) mass is 288 g/mol. The highest BCUT2D eigenvalue weighted by Gasteiger charge is 2.03. The Kier molecular flexibility index (Phi) is 4.92. The first-order valence-corrected chi connectivity index (χ1v) is 6.46. The van der Waals surface area contributed by atoms with Gasteiger partial charge in [0.1, 0.15) is 0 Å². The lowest BCUT2D eigenvalue weighted by Gasteiger charge is -2.07. The maximum Gasteiger partial charge on any atom is 0.335 e. The number of urea groups is 1. The number of nitrogens with one attached hydrogen (secondary N) is 3. The van der Waals surface area contributed by atoms with Crippen LogP contribution in [0, 0.1) is 0 Å². The molecule has 2 rings (SSSR count). The van der Waals surface area contributed by atoms with Crippen LogP contribution < -0.4 is 10.6 Å². The summed E-state index contributed by atoms with van der Waals surface area (Å²) in [6.45, 7) is 0.861. The maximum absolute atomic E-state index is 11.5. The average Bonchev–Trinajstić information content (AvgIpc) is 2.99. The fourth-order valence-electron chi connectivity index (χ4n) is 1.75. The van der Waals surface area contributed by atoms with Crippen molar-refractivity contribution in [3.05, 3.63) is 53.6 Å². The van der Waals surface area contributed by atoms with E-state index in [4.69, 9.17) is 5.11 Å². The van der Waals surface area contributed by atoms with Gasteiger partial charge < -0.3 is 20.7 Å². The van der Waals surface area contributed by atoms with E-state index in [2.05, 4.69) is 20.6 Å². The van der Waals surface area contributed by atoms with E-state index < -0.39 is 5.97 Å². The number of hydrogen-bond donors (Lipinski definition) is 4. The third-order valence-electron chi connectivity index (χ3n) is 2.89. The fraction of sp³-hybridized carbons (Fsp3) is 0.214. The zero-order valence-electron chi connectivity index (χ0n) is 11.3. The zero-order valence-corrected chi connectivity index (χ0v) is 11.3. The third-order valence-corrected chi connectivity index (χ3v) is 2.89. The molecule has 0 unspecified atom stereocenters. The summed E-state index contributed by atoms with van der Waals surface area (Å²) in [5.41, 5.74) is 2.05. The highest BCUT2D eigenvalue weighted by molar-refractivity contribution is 5.87. The van der Waals surface area contributed by atoms with Gasteiger partial charge in [0.05, 0.1) is 24.1 Å². The molecule has 0 spiro atoms. The van der Waals surface area contributed by atoms with E-state index in [1.165, 1.54) is 0 Å². The van der Waals surface area contributed by atoms with Crippen molar-refractivity contribution in [2.45, 2.75) is 13.0 Å². The van der Waals surface area contributed by atoms with Crippen LogP contribution in [0.3, 0.4) is 0 Å². The summed E-state index contributed by atoms with van der Waals surface area (Å²) in [4.78, 5) is 29.0. The lowest BCUT2D eigenvalue weighted by atomic mass is 10.1.